The van der Waals surface area contributed by atoms with E-state index in [0.717, 1.165) is 30.8 Å². The van der Waals surface area contributed by atoms with Gasteiger partial charge in [0.1, 0.15) is 0 Å². The maximum absolute atomic E-state index is 12.5. The molecule has 2 N–H and O–H groups in total. The molecule has 1 aromatic rings. The second-order valence-electron chi connectivity index (χ2n) is 4.68. The van der Waals surface area contributed by atoms with Crippen molar-refractivity contribution in [3.8, 4) is 0 Å². The minimum absolute atomic E-state index is 0.184. The van der Waals surface area contributed by atoms with E-state index in [9.17, 15) is 13.2 Å². The highest BCUT2D eigenvalue weighted by molar-refractivity contribution is 7.09. The van der Waals surface area contributed by atoms with E-state index in [1.165, 1.54) is 0 Å². The van der Waals surface area contributed by atoms with Crippen LogP contribution in [0.1, 0.15) is 32.0 Å². The Bertz CT molecular complexity index is 420. The minimum atomic E-state index is -4.48. The van der Waals surface area contributed by atoms with Crippen LogP contribution in [0.4, 0.5) is 18.3 Å². The molecule has 1 saturated carbocycles. The molecule has 1 aliphatic carbocycles. The van der Waals surface area contributed by atoms with Crippen LogP contribution in [0.25, 0.3) is 0 Å². The highest BCUT2D eigenvalue weighted by Gasteiger charge is 2.38. The van der Waals surface area contributed by atoms with Gasteiger partial charge in [0.05, 0.1) is 0 Å². The maximum Gasteiger partial charge on any atom is 0.452 e. The molecule has 2 rings (SSSR count). The Kier molecular flexibility index (Phi) is 4.29. The smallest absolute Gasteiger partial charge is 0.344 e. The van der Waals surface area contributed by atoms with Crippen molar-refractivity contribution in [1.29, 1.82) is 0 Å². The van der Waals surface area contributed by atoms with Gasteiger partial charge in [-0.1, -0.05) is 6.42 Å². The topological polar surface area (TPSA) is 55.0 Å². The fraction of sp³-hybridized carbons (Fsp3) is 0.818. The first-order valence-electron chi connectivity index (χ1n) is 6.35. The van der Waals surface area contributed by atoms with Gasteiger partial charge in [-0.25, -0.2) is 0 Å². The maximum atomic E-state index is 12.5. The number of aromatic nitrogens is 2. The molecule has 0 bridgehead atoms. The fourth-order valence-electron chi connectivity index (χ4n) is 2.66. The Hall–Kier alpha value is -0.890. The molecule has 1 aromatic heterocycles. The highest BCUT2D eigenvalue weighted by Crippen LogP contribution is 2.35. The van der Waals surface area contributed by atoms with Crippen LogP contribution in [0.5, 0.6) is 0 Å². The standard InChI is InChI=1S/C11H17F3N4S/c1-2-18(8-5-3-4-7(8)6-15)10-16-9(17-19-10)11(12,13)14/h7-8H,2-6,15H2,1H3. The first-order valence-corrected chi connectivity index (χ1v) is 7.12. The Balaban J connectivity index is 2.20. The van der Waals surface area contributed by atoms with E-state index >= 15 is 0 Å². The quantitative estimate of drug-likeness (QED) is 0.927. The van der Waals surface area contributed by atoms with Crippen molar-refractivity contribution < 1.29 is 13.2 Å². The fourth-order valence-corrected chi connectivity index (χ4v) is 3.47. The molecule has 108 valence electrons. The number of hydrogen-bond acceptors (Lipinski definition) is 5. The van der Waals surface area contributed by atoms with Gasteiger partial charge in [-0.05, 0) is 32.2 Å². The van der Waals surface area contributed by atoms with Gasteiger partial charge in [0.25, 0.3) is 0 Å². The van der Waals surface area contributed by atoms with Gasteiger partial charge in [0, 0.05) is 24.1 Å². The van der Waals surface area contributed by atoms with Gasteiger partial charge in [-0.2, -0.15) is 22.5 Å². The number of hydrogen-bond donors (Lipinski definition) is 1. The van der Waals surface area contributed by atoms with Gasteiger partial charge in [-0.3, -0.25) is 0 Å². The van der Waals surface area contributed by atoms with Crippen LogP contribution < -0.4 is 10.6 Å². The number of anilines is 1. The summed E-state index contributed by atoms with van der Waals surface area (Å²) in [4.78, 5) is 5.55. The number of nitrogens with zero attached hydrogens (tertiary/aromatic N) is 3. The average molecular weight is 294 g/mol. The third-order valence-electron chi connectivity index (χ3n) is 3.58. The SMILES string of the molecule is CCN(c1nc(C(F)(F)F)ns1)C1CCCC1CN. The summed E-state index contributed by atoms with van der Waals surface area (Å²) in [6.07, 6.45) is -1.43. The third kappa shape index (κ3) is 3.00. The van der Waals surface area contributed by atoms with Crippen molar-refractivity contribution in [2.45, 2.75) is 38.4 Å². The first kappa shape index (κ1) is 14.5. The molecule has 0 saturated heterocycles. The van der Waals surface area contributed by atoms with Crippen molar-refractivity contribution in [3.05, 3.63) is 5.82 Å². The van der Waals surface area contributed by atoms with Crippen LogP contribution >= 0.6 is 11.5 Å². The van der Waals surface area contributed by atoms with Crippen molar-refractivity contribution in [2.75, 3.05) is 18.0 Å². The van der Waals surface area contributed by atoms with Crippen molar-refractivity contribution in [3.63, 3.8) is 0 Å². The van der Waals surface area contributed by atoms with Crippen LogP contribution in [0.3, 0.4) is 0 Å². The van der Waals surface area contributed by atoms with Crippen LogP contribution in [-0.4, -0.2) is 28.5 Å². The van der Waals surface area contributed by atoms with Gasteiger partial charge in [0.2, 0.25) is 11.0 Å². The second kappa shape index (κ2) is 5.62. The summed E-state index contributed by atoms with van der Waals surface area (Å²) in [7, 11) is 0. The lowest BCUT2D eigenvalue weighted by Gasteiger charge is -2.31. The van der Waals surface area contributed by atoms with E-state index < -0.39 is 12.0 Å². The van der Waals surface area contributed by atoms with Gasteiger partial charge < -0.3 is 10.6 Å². The Labute approximate surface area is 114 Å². The molecule has 0 radical (unpaired) electrons. The first-order chi connectivity index (χ1) is 8.97. The van der Waals surface area contributed by atoms with Crippen LogP contribution in [0.2, 0.25) is 0 Å². The summed E-state index contributed by atoms with van der Waals surface area (Å²) >= 11 is 0.812. The lowest BCUT2D eigenvalue weighted by atomic mass is 10.0. The van der Waals surface area contributed by atoms with Crippen LogP contribution in [-0.2, 0) is 6.18 Å². The molecule has 2 atom stereocenters. The molecule has 2 unspecified atom stereocenters. The Morgan fingerprint density at radius 3 is 2.68 bits per heavy atom. The monoisotopic (exact) mass is 294 g/mol. The third-order valence-corrected chi connectivity index (χ3v) is 4.33. The highest BCUT2D eigenvalue weighted by atomic mass is 32.1. The molecule has 0 amide bonds. The van der Waals surface area contributed by atoms with Crippen LogP contribution in [0.15, 0.2) is 0 Å². The largest absolute Gasteiger partial charge is 0.452 e. The molecule has 0 aliphatic heterocycles. The molecular formula is C11H17F3N4S. The zero-order valence-electron chi connectivity index (χ0n) is 10.7. The summed E-state index contributed by atoms with van der Waals surface area (Å²) in [6.45, 7) is 3.10. The molecule has 0 spiro atoms. The zero-order valence-corrected chi connectivity index (χ0v) is 11.5. The predicted octanol–water partition coefficient (Wildman–Crippen LogP) is 2.51. The molecule has 8 heteroatoms. The summed E-state index contributed by atoms with van der Waals surface area (Å²) in [5.41, 5.74) is 5.73. The molecule has 4 nitrogen and oxygen atoms in total. The van der Waals surface area contributed by atoms with Gasteiger partial charge >= 0.3 is 6.18 Å². The Morgan fingerprint density at radius 1 is 1.42 bits per heavy atom. The zero-order chi connectivity index (χ0) is 14.0. The van der Waals surface area contributed by atoms with E-state index in [1.807, 2.05) is 11.8 Å². The lowest BCUT2D eigenvalue weighted by molar-refractivity contribution is -0.144. The summed E-state index contributed by atoms with van der Waals surface area (Å²) in [5, 5.41) is 0.347. The molecule has 19 heavy (non-hydrogen) atoms. The van der Waals surface area contributed by atoms with Crippen LogP contribution in [0, 0.1) is 5.92 Å². The van der Waals surface area contributed by atoms with E-state index in [-0.39, 0.29) is 6.04 Å². The molecule has 1 heterocycles. The second-order valence-corrected chi connectivity index (χ2v) is 5.41. The lowest BCUT2D eigenvalue weighted by Crippen LogP contribution is -2.40. The van der Waals surface area contributed by atoms with E-state index in [4.69, 9.17) is 5.73 Å². The average Bonchev–Trinajstić information content (AvgIpc) is 2.97. The van der Waals surface area contributed by atoms with Crippen molar-refractivity contribution in [2.24, 2.45) is 11.7 Å². The summed E-state index contributed by atoms with van der Waals surface area (Å²) in [6, 6.07) is 0.184. The van der Waals surface area contributed by atoms with Crippen molar-refractivity contribution >= 4 is 16.7 Å². The normalized spacial score (nSPS) is 23.8. The summed E-state index contributed by atoms with van der Waals surface area (Å²) in [5.74, 6) is -0.716. The number of rotatable bonds is 4. The van der Waals surface area contributed by atoms with Crippen molar-refractivity contribution in [1.82, 2.24) is 9.36 Å². The van der Waals surface area contributed by atoms with Gasteiger partial charge in [0.15, 0.2) is 0 Å². The van der Waals surface area contributed by atoms with Gasteiger partial charge in [-0.15, -0.1) is 0 Å². The molecular weight excluding hydrogens is 277 g/mol. The van der Waals surface area contributed by atoms with E-state index in [0.29, 0.717) is 24.1 Å². The molecule has 1 fully saturated rings. The number of halogens is 3. The summed E-state index contributed by atoms with van der Waals surface area (Å²) < 4.78 is 41.0. The predicted molar refractivity (Wildman–Crippen MR) is 68.1 cm³/mol. The number of nitrogens with two attached hydrogens (primary N) is 1. The molecule has 0 aromatic carbocycles. The molecule has 1 aliphatic rings. The minimum Gasteiger partial charge on any atom is -0.344 e. The Morgan fingerprint density at radius 2 is 2.16 bits per heavy atom. The van der Waals surface area contributed by atoms with E-state index in [2.05, 4.69) is 9.36 Å². The number of alkyl halides is 3. The van der Waals surface area contributed by atoms with E-state index in [1.54, 1.807) is 0 Å².